The number of carboxylic acid groups (broad SMARTS) is 1. The van der Waals surface area contributed by atoms with Crippen LogP contribution >= 0.6 is 15.9 Å². The van der Waals surface area contributed by atoms with E-state index in [1.165, 1.54) is 0 Å². The van der Waals surface area contributed by atoms with Crippen LogP contribution in [-0.2, 0) is 10.3 Å². The smallest absolute Gasteiger partial charge is 0.328 e. The molecule has 19 heavy (non-hydrogen) atoms. The number of rotatable bonds is 3. The molecule has 1 aromatic carbocycles. The molecule has 4 nitrogen and oxygen atoms in total. The molecular weight excluding hydrogens is 308 g/mol. The van der Waals surface area contributed by atoms with Gasteiger partial charge in [0.25, 0.3) is 0 Å². The number of benzene rings is 1. The Hall–Kier alpha value is -0.910. The minimum absolute atomic E-state index is 0.765. The molecule has 2 rings (SSSR count). The third kappa shape index (κ3) is 2.68. The predicted molar refractivity (Wildman–Crippen MR) is 78.2 cm³/mol. The molecule has 1 N–H and O–H groups in total. The average molecular weight is 327 g/mol. The van der Waals surface area contributed by atoms with E-state index in [9.17, 15) is 9.90 Å². The molecule has 1 heterocycles. The fourth-order valence-electron chi connectivity index (χ4n) is 2.53. The monoisotopic (exact) mass is 326 g/mol. The molecule has 1 aromatic rings. The second-order valence-electron chi connectivity index (χ2n) is 5.15. The van der Waals surface area contributed by atoms with Crippen molar-refractivity contribution in [1.82, 2.24) is 9.80 Å². The first-order valence-corrected chi connectivity index (χ1v) is 7.17. The van der Waals surface area contributed by atoms with Crippen molar-refractivity contribution in [3.8, 4) is 0 Å². The van der Waals surface area contributed by atoms with Gasteiger partial charge in [0.1, 0.15) is 5.54 Å². The number of carboxylic acids is 1. The summed E-state index contributed by atoms with van der Waals surface area (Å²) in [5, 5.41) is 9.75. The summed E-state index contributed by atoms with van der Waals surface area (Å²) in [6, 6.07) is 7.57. The third-order valence-corrected chi connectivity index (χ3v) is 4.64. The highest BCUT2D eigenvalue weighted by Gasteiger charge is 2.43. The van der Waals surface area contributed by atoms with Gasteiger partial charge in [0.05, 0.1) is 0 Å². The van der Waals surface area contributed by atoms with Crippen LogP contribution < -0.4 is 0 Å². The first-order valence-electron chi connectivity index (χ1n) is 6.38. The number of hydrogen-bond acceptors (Lipinski definition) is 3. The number of hydrogen-bond donors (Lipinski definition) is 1. The Balaban J connectivity index is 2.38. The summed E-state index contributed by atoms with van der Waals surface area (Å²) in [4.78, 5) is 16.2. The van der Waals surface area contributed by atoms with Crippen LogP contribution in [0, 0.1) is 0 Å². The lowest BCUT2D eigenvalue weighted by atomic mass is 9.89. The summed E-state index contributed by atoms with van der Waals surface area (Å²) < 4.78 is 0.846. The Bertz CT molecular complexity index is 472. The normalized spacial score (nSPS) is 21.0. The van der Waals surface area contributed by atoms with E-state index in [1.54, 1.807) is 6.92 Å². The molecule has 0 amide bonds. The maximum absolute atomic E-state index is 11.9. The zero-order valence-corrected chi connectivity index (χ0v) is 12.9. The van der Waals surface area contributed by atoms with Gasteiger partial charge < -0.3 is 10.0 Å². The van der Waals surface area contributed by atoms with E-state index >= 15 is 0 Å². The van der Waals surface area contributed by atoms with Crippen LogP contribution in [0.5, 0.6) is 0 Å². The molecule has 1 atom stereocenters. The summed E-state index contributed by atoms with van der Waals surface area (Å²) >= 11 is 3.48. The van der Waals surface area contributed by atoms with Gasteiger partial charge in [-0.3, -0.25) is 4.90 Å². The fourth-order valence-corrected chi connectivity index (χ4v) is 3.20. The molecule has 0 aliphatic carbocycles. The van der Waals surface area contributed by atoms with Gasteiger partial charge in [0.15, 0.2) is 0 Å². The van der Waals surface area contributed by atoms with Crippen LogP contribution in [0.2, 0.25) is 0 Å². The Kier molecular flexibility index (Phi) is 4.28. The Labute approximate surface area is 122 Å². The van der Waals surface area contributed by atoms with Gasteiger partial charge in [0, 0.05) is 30.7 Å². The van der Waals surface area contributed by atoms with Crippen LogP contribution in [0.25, 0.3) is 0 Å². The topological polar surface area (TPSA) is 43.8 Å². The molecule has 0 spiro atoms. The Morgan fingerprint density at radius 3 is 2.37 bits per heavy atom. The van der Waals surface area contributed by atoms with Gasteiger partial charge in [-0.2, -0.15) is 0 Å². The highest BCUT2D eigenvalue weighted by atomic mass is 79.9. The number of nitrogens with zero attached hydrogens (tertiary/aromatic N) is 2. The highest BCUT2D eigenvalue weighted by Crippen LogP contribution is 2.34. The number of piperazine rings is 1. The maximum Gasteiger partial charge on any atom is 0.328 e. The molecule has 1 fully saturated rings. The fraction of sp³-hybridized carbons (Fsp3) is 0.500. The van der Waals surface area contributed by atoms with Gasteiger partial charge in [-0.1, -0.05) is 34.1 Å². The van der Waals surface area contributed by atoms with E-state index < -0.39 is 11.5 Å². The average Bonchev–Trinajstić information content (AvgIpc) is 2.39. The van der Waals surface area contributed by atoms with E-state index in [4.69, 9.17) is 0 Å². The van der Waals surface area contributed by atoms with Crippen LogP contribution in [-0.4, -0.2) is 54.1 Å². The van der Waals surface area contributed by atoms with Crippen molar-refractivity contribution in [3.63, 3.8) is 0 Å². The van der Waals surface area contributed by atoms with Crippen molar-refractivity contribution in [2.24, 2.45) is 0 Å². The Morgan fingerprint density at radius 2 is 1.84 bits per heavy atom. The summed E-state index contributed by atoms with van der Waals surface area (Å²) in [5.41, 5.74) is -0.173. The molecule has 0 aromatic heterocycles. The molecular formula is C14H19BrN2O2. The van der Waals surface area contributed by atoms with E-state index in [1.807, 2.05) is 24.3 Å². The number of aliphatic carboxylic acids is 1. The van der Waals surface area contributed by atoms with Crippen molar-refractivity contribution >= 4 is 21.9 Å². The summed E-state index contributed by atoms with van der Waals surface area (Å²) in [7, 11) is 2.06. The van der Waals surface area contributed by atoms with E-state index in [-0.39, 0.29) is 0 Å². The van der Waals surface area contributed by atoms with Gasteiger partial charge in [0.2, 0.25) is 0 Å². The Morgan fingerprint density at radius 1 is 1.26 bits per heavy atom. The van der Waals surface area contributed by atoms with Gasteiger partial charge in [-0.05, 0) is 25.6 Å². The minimum Gasteiger partial charge on any atom is -0.480 e. The lowest BCUT2D eigenvalue weighted by Crippen LogP contribution is -2.57. The van der Waals surface area contributed by atoms with E-state index in [2.05, 4.69) is 32.8 Å². The minimum atomic E-state index is -0.985. The second kappa shape index (κ2) is 5.61. The lowest BCUT2D eigenvalue weighted by molar-refractivity contribution is -0.152. The zero-order valence-electron chi connectivity index (χ0n) is 11.3. The molecule has 0 bridgehead atoms. The van der Waals surface area contributed by atoms with Gasteiger partial charge in [-0.15, -0.1) is 0 Å². The van der Waals surface area contributed by atoms with Gasteiger partial charge >= 0.3 is 5.97 Å². The third-order valence-electron chi connectivity index (χ3n) is 3.95. The highest BCUT2D eigenvalue weighted by molar-refractivity contribution is 9.10. The lowest BCUT2D eigenvalue weighted by Gasteiger charge is -2.43. The maximum atomic E-state index is 11.9. The number of halogens is 1. The zero-order chi connectivity index (χ0) is 14.0. The summed E-state index contributed by atoms with van der Waals surface area (Å²) in [6.45, 7) is 5.11. The molecule has 104 valence electrons. The first kappa shape index (κ1) is 14.5. The standard InChI is InChI=1S/C14H19BrN2O2/c1-14(13(18)19,11-5-3-4-6-12(11)15)17-9-7-16(2)8-10-17/h3-6H,7-10H2,1-2H3,(H,18,19). The number of likely N-dealkylation sites (N-methyl/N-ethyl adjacent to an activating group) is 1. The number of carbonyl (C=O) groups is 1. The van der Waals surface area contributed by atoms with Crippen LogP contribution in [0.15, 0.2) is 28.7 Å². The molecule has 1 saturated heterocycles. The van der Waals surface area contributed by atoms with E-state index in [0.717, 1.165) is 36.2 Å². The van der Waals surface area contributed by atoms with Crippen LogP contribution in [0.3, 0.4) is 0 Å². The first-order chi connectivity index (χ1) is 8.96. The largest absolute Gasteiger partial charge is 0.480 e. The van der Waals surface area contributed by atoms with Crippen molar-refractivity contribution in [1.29, 1.82) is 0 Å². The van der Waals surface area contributed by atoms with Crippen LogP contribution in [0.1, 0.15) is 12.5 Å². The molecule has 5 heteroatoms. The predicted octanol–water partition coefficient (Wildman–Crippen LogP) is 2.00. The molecule has 1 aliphatic rings. The van der Waals surface area contributed by atoms with Crippen LogP contribution in [0.4, 0.5) is 0 Å². The van der Waals surface area contributed by atoms with Gasteiger partial charge in [-0.25, -0.2) is 4.79 Å². The van der Waals surface area contributed by atoms with Crippen molar-refractivity contribution in [2.75, 3.05) is 33.2 Å². The van der Waals surface area contributed by atoms with Crippen molar-refractivity contribution in [3.05, 3.63) is 34.3 Å². The molecule has 0 radical (unpaired) electrons. The second-order valence-corrected chi connectivity index (χ2v) is 6.00. The molecule has 1 aliphatic heterocycles. The summed E-state index contributed by atoms with van der Waals surface area (Å²) in [5.74, 6) is -0.802. The molecule has 0 saturated carbocycles. The quantitative estimate of drug-likeness (QED) is 0.922. The van der Waals surface area contributed by atoms with E-state index in [0.29, 0.717) is 0 Å². The van der Waals surface area contributed by atoms with Crippen molar-refractivity contribution in [2.45, 2.75) is 12.5 Å². The molecule has 1 unspecified atom stereocenters. The SMILES string of the molecule is CN1CCN(C(C)(C(=O)O)c2ccccc2Br)CC1. The summed E-state index contributed by atoms with van der Waals surface area (Å²) in [6.07, 6.45) is 0. The van der Waals surface area contributed by atoms with Crippen molar-refractivity contribution < 1.29 is 9.90 Å².